The molecule has 0 aliphatic carbocycles. The van der Waals surface area contributed by atoms with Gasteiger partial charge in [0.25, 0.3) is 5.91 Å². The van der Waals surface area contributed by atoms with Crippen LogP contribution >= 0.6 is 0 Å². The molecule has 0 spiro atoms. The van der Waals surface area contributed by atoms with E-state index in [0.29, 0.717) is 18.0 Å². The van der Waals surface area contributed by atoms with Crippen molar-refractivity contribution in [1.82, 2.24) is 15.1 Å². The maximum atomic E-state index is 12.3. The molecule has 0 fully saturated rings. The number of para-hydroxylation sites is 1. The normalized spacial score (nSPS) is 12.0. The van der Waals surface area contributed by atoms with E-state index >= 15 is 0 Å². The summed E-state index contributed by atoms with van der Waals surface area (Å²) in [4.78, 5) is 12.3. The lowest BCUT2D eigenvalue weighted by atomic mass is 10.2. The summed E-state index contributed by atoms with van der Waals surface area (Å²) >= 11 is 0. The second-order valence-corrected chi connectivity index (χ2v) is 5.70. The number of nitrogens with zero attached hydrogens (tertiary/aromatic N) is 2. The van der Waals surface area contributed by atoms with Gasteiger partial charge < -0.3 is 19.5 Å². The average molecular weight is 351 g/mol. The summed E-state index contributed by atoms with van der Waals surface area (Å²) in [5.74, 6) is 1.91. The van der Waals surface area contributed by atoms with Crippen LogP contribution in [0.2, 0.25) is 0 Å². The van der Waals surface area contributed by atoms with Crippen molar-refractivity contribution in [3.05, 3.63) is 72.1 Å². The zero-order valence-electron chi connectivity index (χ0n) is 13.9. The van der Waals surface area contributed by atoms with E-state index in [9.17, 15) is 4.79 Å². The van der Waals surface area contributed by atoms with Gasteiger partial charge in [-0.1, -0.05) is 24.3 Å². The lowest BCUT2D eigenvalue weighted by molar-refractivity contribution is 0.0943. The molecule has 1 aromatic heterocycles. The van der Waals surface area contributed by atoms with Gasteiger partial charge in [-0.2, -0.15) is 5.10 Å². The molecule has 0 radical (unpaired) electrons. The van der Waals surface area contributed by atoms with Crippen molar-refractivity contribution >= 4 is 5.91 Å². The topological polar surface area (TPSA) is 74.6 Å². The summed E-state index contributed by atoms with van der Waals surface area (Å²) < 4.78 is 17.8. The number of amides is 1. The second-order valence-electron chi connectivity index (χ2n) is 5.70. The number of carbonyl (C=O) groups excluding carboxylic acids is 1. The van der Waals surface area contributed by atoms with E-state index in [0.717, 1.165) is 17.1 Å². The molecular formula is C19H17N3O4. The minimum atomic E-state index is -0.249. The highest BCUT2D eigenvalue weighted by Gasteiger charge is 2.14. The Balaban J connectivity index is 1.31. The van der Waals surface area contributed by atoms with Crippen molar-refractivity contribution in [3.63, 3.8) is 0 Å². The highest BCUT2D eigenvalue weighted by atomic mass is 16.7. The Bertz CT molecular complexity index is 908. The van der Waals surface area contributed by atoms with E-state index in [1.165, 1.54) is 0 Å². The number of ether oxygens (including phenoxy) is 3. The predicted molar refractivity (Wildman–Crippen MR) is 93.0 cm³/mol. The van der Waals surface area contributed by atoms with Gasteiger partial charge in [0, 0.05) is 12.7 Å². The lowest BCUT2D eigenvalue weighted by Crippen LogP contribution is -2.23. The lowest BCUT2D eigenvalue weighted by Gasteiger charge is -2.06. The summed E-state index contributed by atoms with van der Waals surface area (Å²) in [7, 11) is 0. The van der Waals surface area contributed by atoms with Crippen molar-refractivity contribution in [2.75, 3.05) is 6.79 Å². The molecule has 0 bridgehead atoms. The molecule has 0 atom stereocenters. The van der Waals surface area contributed by atoms with E-state index in [-0.39, 0.29) is 19.4 Å². The number of carbonyl (C=O) groups is 1. The van der Waals surface area contributed by atoms with Crippen LogP contribution in [-0.4, -0.2) is 22.5 Å². The fourth-order valence-corrected chi connectivity index (χ4v) is 2.54. The van der Waals surface area contributed by atoms with Gasteiger partial charge in [-0.05, 0) is 35.9 Å². The van der Waals surface area contributed by atoms with Crippen LogP contribution in [0.15, 0.2) is 60.8 Å². The van der Waals surface area contributed by atoms with Crippen molar-refractivity contribution < 1.29 is 19.0 Å². The van der Waals surface area contributed by atoms with Crippen molar-refractivity contribution in [3.8, 4) is 17.2 Å². The molecule has 1 aliphatic heterocycles. The zero-order chi connectivity index (χ0) is 17.8. The molecule has 0 unspecified atom stereocenters. The Labute approximate surface area is 150 Å². The highest BCUT2D eigenvalue weighted by Crippen LogP contribution is 2.32. The number of hydrogen-bond donors (Lipinski definition) is 1. The summed E-state index contributed by atoms with van der Waals surface area (Å²) in [5, 5.41) is 7.07. The molecule has 7 heteroatoms. The molecule has 7 nitrogen and oxygen atoms in total. The number of aromatic nitrogens is 2. The minimum Gasteiger partial charge on any atom is -0.471 e. The van der Waals surface area contributed by atoms with Gasteiger partial charge in [-0.25, -0.2) is 4.68 Å². The molecule has 0 saturated heterocycles. The molecular weight excluding hydrogens is 334 g/mol. The molecule has 132 valence electrons. The largest absolute Gasteiger partial charge is 0.471 e. The number of fused-ring (bicyclic) bond motifs is 1. The van der Waals surface area contributed by atoms with Gasteiger partial charge in [-0.3, -0.25) is 4.79 Å². The number of benzene rings is 2. The summed E-state index contributed by atoms with van der Waals surface area (Å²) in [6.45, 7) is 0.843. The van der Waals surface area contributed by atoms with Crippen molar-refractivity contribution in [1.29, 1.82) is 0 Å². The molecule has 2 aromatic carbocycles. The van der Waals surface area contributed by atoms with Gasteiger partial charge in [0.05, 0.1) is 0 Å². The highest BCUT2D eigenvalue weighted by molar-refractivity contribution is 5.92. The van der Waals surface area contributed by atoms with Gasteiger partial charge in [0.15, 0.2) is 18.2 Å². The van der Waals surface area contributed by atoms with E-state index in [1.807, 2.05) is 48.5 Å². The van der Waals surface area contributed by atoms with E-state index < -0.39 is 0 Å². The van der Waals surface area contributed by atoms with Gasteiger partial charge in [0.2, 0.25) is 6.79 Å². The molecule has 1 amide bonds. The number of rotatable bonds is 6. The Morgan fingerprint density at radius 3 is 2.85 bits per heavy atom. The Morgan fingerprint density at radius 2 is 1.96 bits per heavy atom. The van der Waals surface area contributed by atoms with E-state index in [1.54, 1.807) is 16.9 Å². The molecule has 1 aliphatic rings. The average Bonchev–Trinajstić information content (AvgIpc) is 3.34. The van der Waals surface area contributed by atoms with E-state index in [2.05, 4.69) is 10.4 Å². The van der Waals surface area contributed by atoms with Gasteiger partial charge >= 0.3 is 0 Å². The fourth-order valence-electron chi connectivity index (χ4n) is 2.54. The monoisotopic (exact) mass is 351 g/mol. The SMILES string of the molecule is O=C(NCc1ccc2c(c1)OCO2)c1ccn(COc2ccccc2)n1. The molecule has 1 N–H and O–H groups in total. The zero-order valence-corrected chi connectivity index (χ0v) is 13.9. The smallest absolute Gasteiger partial charge is 0.272 e. The third kappa shape index (κ3) is 3.61. The van der Waals surface area contributed by atoms with Crippen LogP contribution in [-0.2, 0) is 13.3 Å². The molecule has 4 rings (SSSR count). The first kappa shape index (κ1) is 16.0. The molecule has 0 saturated carbocycles. The summed E-state index contributed by atoms with van der Waals surface area (Å²) in [5.41, 5.74) is 1.26. The standard InChI is InChI=1S/C19H17N3O4/c23-19(20-11-14-6-7-17-18(10-14)26-13-25-17)16-8-9-22(21-16)12-24-15-4-2-1-3-5-15/h1-10H,11-13H2,(H,20,23). The van der Waals surface area contributed by atoms with Crippen LogP contribution in [0, 0.1) is 0 Å². The van der Waals surface area contributed by atoms with Gasteiger partial charge in [-0.15, -0.1) is 0 Å². The molecule has 3 aromatic rings. The third-order valence-electron chi connectivity index (χ3n) is 3.87. The van der Waals surface area contributed by atoms with Gasteiger partial charge in [0.1, 0.15) is 11.4 Å². The number of nitrogens with one attached hydrogen (secondary N) is 1. The quantitative estimate of drug-likeness (QED) is 0.739. The first-order chi connectivity index (χ1) is 12.8. The van der Waals surface area contributed by atoms with Crippen LogP contribution in [0.5, 0.6) is 17.2 Å². The molecule has 26 heavy (non-hydrogen) atoms. The predicted octanol–water partition coefficient (Wildman–Crippen LogP) is 2.58. The maximum absolute atomic E-state index is 12.3. The third-order valence-corrected chi connectivity index (χ3v) is 3.87. The fraction of sp³-hybridized carbons (Fsp3) is 0.158. The Morgan fingerprint density at radius 1 is 1.12 bits per heavy atom. The maximum Gasteiger partial charge on any atom is 0.272 e. The molecule has 2 heterocycles. The summed E-state index contributed by atoms with van der Waals surface area (Å²) in [6.07, 6.45) is 1.71. The second kappa shape index (κ2) is 7.18. The van der Waals surface area contributed by atoms with Crippen molar-refractivity contribution in [2.45, 2.75) is 13.3 Å². The van der Waals surface area contributed by atoms with Crippen LogP contribution < -0.4 is 19.5 Å². The van der Waals surface area contributed by atoms with Crippen LogP contribution in [0.25, 0.3) is 0 Å². The van der Waals surface area contributed by atoms with Crippen LogP contribution in [0.3, 0.4) is 0 Å². The van der Waals surface area contributed by atoms with E-state index in [4.69, 9.17) is 14.2 Å². The first-order valence-electron chi connectivity index (χ1n) is 8.16. The van der Waals surface area contributed by atoms with Crippen LogP contribution in [0.4, 0.5) is 0 Å². The summed E-state index contributed by atoms with van der Waals surface area (Å²) in [6, 6.07) is 16.7. The minimum absolute atomic E-state index is 0.230. The Hall–Kier alpha value is -3.48. The van der Waals surface area contributed by atoms with Crippen LogP contribution in [0.1, 0.15) is 16.1 Å². The Kier molecular flexibility index (Phi) is 4.42. The number of hydrogen-bond acceptors (Lipinski definition) is 5. The van der Waals surface area contributed by atoms with Crippen molar-refractivity contribution in [2.24, 2.45) is 0 Å². The first-order valence-corrected chi connectivity index (χ1v) is 8.16.